The molecule has 2 unspecified atom stereocenters. The van der Waals surface area contributed by atoms with Gasteiger partial charge in [0.15, 0.2) is 0 Å². The molecule has 0 rings (SSSR count). The van der Waals surface area contributed by atoms with Gasteiger partial charge in [0.25, 0.3) is 0 Å². The van der Waals surface area contributed by atoms with Gasteiger partial charge in [0.2, 0.25) is 0 Å². The Morgan fingerprint density at radius 3 is 1.39 bits per heavy atom. The van der Waals surface area contributed by atoms with Crippen LogP contribution in [0.15, 0.2) is 0 Å². The van der Waals surface area contributed by atoms with Gasteiger partial charge in [0.05, 0.1) is 0 Å². The molecule has 0 aliphatic carbocycles. The second kappa shape index (κ2) is 15.6. The highest BCUT2D eigenvalue weighted by atomic mass is 33.1. The smallest absolute Gasteiger partial charge is 0.323 e. The van der Waals surface area contributed by atoms with E-state index in [0.29, 0.717) is 11.1 Å². The van der Waals surface area contributed by atoms with Gasteiger partial charge in [0.1, 0.15) is 0 Å². The molecule has 0 aliphatic heterocycles. The zero-order chi connectivity index (χ0) is 17.7. The quantitative estimate of drug-likeness (QED) is 0.290. The van der Waals surface area contributed by atoms with E-state index in [1.54, 1.807) is 28.4 Å². The lowest BCUT2D eigenvalue weighted by Crippen LogP contribution is -2.24. The summed E-state index contributed by atoms with van der Waals surface area (Å²) in [6.07, 6.45) is 3.69. The first kappa shape index (κ1) is 24.4. The Bertz CT molecular complexity index is 251. The second-order valence-corrected chi connectivity index (χ2v) is 18.7. The lowest BCUT2D eigenvalue weighted by atomic mass is 10.4. The summed E-state index contributed by atoms with van der Waals surface area (Å²) < 4.78 is 21.9. The maximum atomic E-state index is 5.47. The van der Waals surface area contributed by atoms with Gasteiger partial charge in [0, 0.05) is 34.8 Å². The Hall–Kier alpha value is 1.40. The summed E-state index contributed by atoms with van der Waals surface area (Å²) in [4.78, 5) is 0. The van der Waals surface area contributed by atoms with Crippen LogP contribution in [-0.4, -0.2) is 64.7 Å². The van der Waals surface area contributed by atoms with Crippen LogP contribution >= 0.6 is 29.1 Å². The van der Waals surface area contributed by atoms with E-state index in [1.165, 1.54) is 30.5 Å². The minimum Gasteiger partial charge on any atom is -0.400 e. The minimum absolute atomic E-state index is 0.0256. The van der Waals surface area contributed by atoms with Crippen molar-refractivity contribution in [3.63, 3.8) is 0 Å². The first-order valence-electron chi connectivity index (χ1n) is 8.18. The van der Waals surface area contributed by atoms with Gasteiger partial charge < -0.3 is 17.7 Å². The molecule has 0 heterocycles. The van der Waals surface area contributed by atoms with Crippen LogP contribution in [0.5, 0.6) is 0 Å². The van der Waals surface area contributed by atoms with Gasteiger partial charge in [-0.2, -0.15) is 0 Å². The van der Waals surface area contributed by atoms with Crippen LogP contribution in [0.4, 0.5) is 0 Å². The molecule has 0 saturated carbocycles. The Labute approximate surface area is 156 Å². The molecule has 140 valence electrons. The molecule has 0 bridgehead atoms. The Morgan fingerprint density at radius 1 is 0.783 bits per heavy atom. The molecule has 4 nitrogen and oxygen atoms in total. The van der Waals surface area contributed by atoms with Crippen molar-refractivity contribution in [2.24, 2.45) is 0 Å². The van der Waals surface area contributed by atoms with Crippen LogP contribution < -0.4 is 0 Å². The summed E-state index contributed by atoms with van der Waals surface area (Å²) in [5.41, 5.74) is 1.15. The van der Waals surface area contributed by atoms with E-state index in [2.05, 4.69) is 43.5 Å². The molecule has 0 N–H and O–H groups in total. The molecule has 0 amide bonds. The molecule has 2 atom stereocenters. The number of rotatable bonds is 15. The fourth-order valence-electron chi connectivity index (χ4n) is 2.29. The van der Waals surface area contributed by atoms with Gasteiger partial charge in [-0.05, 0) is 41.6 Å². The van der Waals surface area contributed by atoms with Crippen molar-refractivity contribution in [2.45, 2.75) is 44.7 Å². The summed E-state index contributed by atoms with van der Waals surface area (Å²) in [7, 11) is 4.20. The highest BCUT2D eigenvalue weighted by molar-refractivity contribution is 8.88. The van der Waals surface area contributed by atoms with Crippen molar-refractivity contribution >= 4 is 47.7 Å². The first-order chi connectivity index (χ1) is 11.0. The van der Waals surface area contributed by atoms with E-state index in [-0.39, 0.29) is 6.33 Å². The van der Waals surface area contributed by atoms with Gasteiger partial charge >= 0.3 is 18.6 Å². The van der Waals surface area contributed by atoms with E-state index >= 15 is 0 Å². The molecule has 9 heteroatoms. The standard InChI is InChI=1S/C14H35O4PS2Si2/c1-8-19(20-11-9-13(2)22(15-4)16-5)21-12-10-14(3)23(17-6)18-7/h13-14,22-23H,8-12H2,1-7H3. The van der Waals surface area contributed by atoms with Crippen molar-refractivity contribution in [1.82, 2.24) is 0 Å². The summed E-state index contributed by atoms with van der Waals surface area (Å²) in [6.45, 7) is 6.82. The van der Waals surface area contributed by atoms with Crippen LogP contribution in [0.3, 0.4) is 0 Å². The van der Waals surface area contributed by atoms with Gasteiger partial charge in [-0.15, -0.1) is 22.8 Å². The van der Waals surface area contributed by atoms with E-state index in [9.17, 15) is 0 Å². The predicted octanol–water partition coefficient (Wildman–Crippen LogP) is 4.37. The third kappa shape index (κ3) is 10.9. The van der Waals surface area contributed by atoms with Crippen LogP contribution in [0.1, 0.15) is 33.6 Å². The summed E-state index contributed by atoms with van der Waals surface area (Å²) in [5, 5.41) is 0. The van der Waals surface area contributed by atoms with Crippen molar-refractivity contribution in [1.29, 1.82) is 0 Å². The largest absolute Gasteiger partial charge is 0.400 e. The molecule has 0 radical (unpaired) electrons. The van der Waals surface area contributed by atoms with Gasteiger partial charge in [-0.1, -0.05) is 20.8 Å². The molecular weight excluding hydrogens is 383 g/mol. The normalized spacial score (nSPS) is 16.0. The van der Waals surface area contributed by atoms with E-state index < -0.39 is 18.6 Å². The topological polar surface area (TPSA) is 36.9 Å². The Balaban J connectivity index is 3.94. The van der Waals surface area contributed by atoms with Crippen LogP contribution in [-0.2, 0) is 17.7 Å². The molecule has 0 spiro atoms. The van der Waals surface area contributed by atoms with Crippen molar-refractivity contribution < 1.29 is 17.7 Å². The summed E-state index contributed by atoms with van der Waals surface area (Å²) in [6, 6.07) is 0. The summed E-state index contributed by atoms with van der Waals surface area (Å²) >= 11 is 4.30. The van der Waals surface area contributed by atoms with Crippen molar-refractivity contribution in [3.8, 4) is 0 Å². The third-order valence-corrected chi connectivity index (χ3v) is 16.3. The predicted molar refractivity (Wildman–Crippen MR) is 113 cm³/mol. The van der Waals surface area contributed by atoms with Gasteiger partial charge in [-0.3, -0.25) is 0 Å². The Kier molecular flexibility index (Phi) is 16.6. The van der Waals surface area contributed by atoms with E-state index in [4.69, 9.17) is 17.7 Å². The summed E-state index contributed by atoms with van der Waals surface area (Å²) in [5.74, 6) is 2.43. The lowest BCUT2D eigenvalue weighted by molar-refractivity contribution is 0.266. The monoisotopic (exact) mass is 418 g/mol. The molecule has 0 saturated heterocycles. The number of hydrogen-bond acceptors (Lipinski definition) is 6. The maximum absolute atomic E-state index is 5.47. The molecule has 0 aliphatic rings. The van der Waals surface area contributed by atoms with E-state index in [0.717, 1.165) is 0 Å². The molecule has 0 fully saturated rings. The van der Waals surface area contributed by atoms with E-state index in [1.807, 2.05) is 0 Å². The average Bonchev–Trinajstić information content (AvgIpc) is 2.55. The highest BCUT2D eigenvalue weighted by Crippen LogP contribution is 2.61. The minimum atomic E-state index is -1.45. The van der Waals surface area contributed by atoms with Crippen molar-refractivity contribution in [2.75, 3.05) is 46.1 Å². The average molecular weight is 419 g/mol. The fraction of sp³-hybridized carbons (Fsp3) is 1.00. The Morgan fingerprint density at radius 2 is 1.13 bits per heavy atom. The zero-order valence-electron chi connectivity index (χ0n) is 15.7. The molecule has 0 aromatic heterocycles. The maximum Gasteiger partial charge on any atom is 0.323 e. The molecule has 0 aromatic rings. The number of hydrogen-bond donors (Lipinski definition) is 0. The second-order valence-electron chi connectivity index (χ2n) is 5.53. The fourth-order valence-corrected chi connectivity index (χ4v) is 12.9. The zero-order valence-corrected chi connectivity index (χ0v) is 20.6. The molecular formula is C14H35O4PS2Si2. The van der Waals surface area contributed by atoms with Gasteiger partial charge in [-0.25, -0.2) is 0 Å². The van der Waals surface area contributed by atoms with Crippen LogP contribution in [0.2, 0.25) is 11.1 Å². The van der Waals surface area contributed by atoms with Crippen LogP contribution in [0.25, 0.3) is 0 Å². The van der Waals surface area contributed by atoms with Crippen LogP contribution in [0, 0.1) is 0 Å². The molecule has 0 aromatic carbocycles. The van der Waals surface area contributed by atoms with Crippen molar-refractivity contribution in [3.05, 3.63) is 0 Å². The SMILES string of the molecule is CCP(SCCC(C)[SiH](OC)OC)SCCC(C)[SiH](OC)OC. The highest BCUT2D eigenvalue weighted by Gasteiger charge is 2.21. The lowest BCUT2D eigenvalue weighted by Gasteiger charge is -2.21. The third-order valence-electron chi connectivity index (χ3n) is 3.73. The molecule has 23 heavy (non-hydrogen) atoms. The first-order valence-corrected chi connectivity index (χ1v) is 16.1.